The van der Waals surface area contributed by atoms with Gasteiger partial charge in [0.25, 0.3) is 0 Å². The van der Waals surface area contributed by atoms with Gasteiger partial charge in [-0.3, -0.25) is 4.99 Å². The van der Waals surface area contributed by atoms with E-state index in [-0.39, 0.29) is 0 Å². The van der Waals surface area contributed by atoms with Crippen LogP contribution in [0.25, 0.3) is 0 Å². The van der Waals surface area contributed by atoms with Gasteiger partial charge in [0.05, 0.1) is 0 Å². The van der Waals surface area contributed by atoms with E-state index in [9.17, 15) is 0 Å². The summed E-state index contributed by atoms with van der Waals surface area (Å²) >= 11 is 0. The van der Waals surface area contributed by atoms with Crippen molar-refractivity contribution < 1.29 is 0 Å². The maximum atomic E-state index is 4.22. The fourth-order valence-corrected chi connectivity index (χ4v) is 1.78. The first-order chi connectivity index (χ1) is 7.86. The van der Waals surface area contributed by atoms with E-state index in [1.54, 1.807) is 0 Å². The maximum Gasteiger partial charge on any atom is 0.190 e. The Morgan fingerprint density at radius 3 is 2.50 bits per heavy atom. The van der Waals surface area contributed by atoms with Gasteiger partial charge in [0, 0.05) is 20.1 Å². The molecule has 1 rings (SSSR count). The van der Waals surface area contributed by atoms with Gasteiger partial charge in [0.15, 0.2) is 5.96 Å². The minimum absolute atomic E-state index is 0.970. The summed E-state index contributed by atoms with van der Waals surface area (Å²) in [5.74, 6) is 1.97. The summed E-state index contributed by atoms with van der Waals surface area (Å²) < 4.78 is 0. The first kappa shape index (κ1) is 13.3. The Morgan fingerprint density at radius 2 is 1.88 bits per heavy atom. The zero-order chi connectivity index (χ0) is 11.6. The number of hydrogen-bond acceptors (Lipinski definition) is 1. The van der Waals surface area contributed by atoms with Crippen LogP contribution in [0.15, 0.2) is 4.99 Å². The third-order valence-electron chi connectivity index (χ3n) is 3.09. The molecule has 0 saturated heterocycles. The Labute approximate surface area is 100 Å². The molecule has 1 saturated carbocycles. The van der Waals surface area contributed by atoms with E-state index < -0.39 is 0 Å². The van der Waals surface area contributed by atoms with Crippen LogP contribution in [-0.2, 0) is 0 Å². The maximum absolute atomic E-state index is 4.22. The van der Waals surface area contributed by atoms with E-state index in [1.807, 2.05) is 7.05 Å². The molecular formula is C13H27N3. The first-order valence-electron chi connectivity index (χ1n) is 6.81. The third-order valence-corrected chi connectivity index (χ3v) is 3.09. The SMILES string of the molecule is CCCCCCNC(=NC)NCCC1CC1. The fraction of sp³-hybridized carbons (Fsp3) is 0.923. The minimum Gasteiger partial charge on any atom is -0.356 e. The molecule has 0 heterocycles. The highest BCUT2D eigenvalue weighted by molar-refractivity contribution is 5.79. The van der Waals surface area contributed by atoms with E-state index in [4.69, 9.17) is 0 Å². The predicted octanol–water partition coefficient (Wildman–Crippen LogP) is 2.53. The highest BCUT2D eigenvalue weighted by atomic mass is 15.2. The molecular weight excluding hydrogens is 198 g/mol. The molecule has 0 atom stereocenters. The van der Waals surface area contributed by atoms with E-state index in [2.05, 4.69) is 22.5 Å². The number of nitrogens with one attached hydrogen (secondary N) is 2. The van der Waals surface area contributed by atoms with E-state index in [0.717, 1.165) is 25.0 Å². The molecule has 0 radical (unpaired) electrons. The van der Waals surface area contributed by atoms with Crippen molar-refractivity contribution in [3.63, 3.8) is 0 Å². The lowest BCUT2D eigenvalue weighted by Gasteiger charge is -2.11. The molecule has 0 aromatic heterocycles. The lowest BCUT2D eigenvalue weighted by atomic mass is 10.2. The topological polar surface area (TPSA) is 36.4 Å². The number of nitrogens with zero attached hydrogens (tertiary/aromatic N) is 1. The van der Waals surface area contributed by atoms with Crippen molar-refractivity contribution in [2.24, 2.45) is 10.9 Å². The summed E-state index contributed by atoms with van der Waals surface area (Å²) in [5.41, 5.74) is 0. The quantitative estimate of drug-likeness (QED) is 0.378. The Balaban J connectivity index is 1.93. The molecule has 1 aliphatic rings. The summed E-state index contributed by atoms with van der Waals surface area (Å²) in [6, 6.07) is 0. The van der Waals surface area contributed by atoms with Gasteiger partial charge in [-0.15, -0.1) is 0 Å². The molecule has 0 unspecified atom stereocenters. The van der Waals surface area contributed by atoms with Gasteiger partial charge >= 0.3 is 0 Å². The summed E-state index contributed by atoms with van der Waals surface area (Å²) in [6.45, 7) is 4.36. The Bertz CT molecular complexity index is 197. The predicted molar refractivity (Wildman–Crippen MR) is 70.8 cm³/mol. The lowest BCUT2D eigenvalue weighted by Crippen LogP contribution is -2.38. The molecule has 1 fully saturated rings. The second-order valence-corrected chi connectivity index (χ2v) is 4.72. The van der Waals surface area contributed by atoms with Crippen LogP contribution in [0, 0.1) is 5.92 Å². The molecule has 0 aromatic carbocycles. The van der Waals surface area contributed by atoms with Gasteiger partial charge in [0.2, 0.25) is 0 Å². The molecule has 0 amide bonds. The zero-order valence-corrected chi connectivity index (χ0v) is 10.9. The summed E-state index contributed by atoms with van der Waals surface area (Å²) in [5, 5.41) is 6.73. The van der Waals surface area contributed by atoms with Crippen molar-refractivity contribution in [2.75, 3.05) is 20.1 Å². The average molecular weight is 225 g/mol. The van der Waals surface area contributed by atoms with Crippen molar-refractivity contribution in [3.8, 4) is 0 Å². The van der Waals surface area contributed by atoms with Crippen molar-refractivity contribution in [2.45, 2.75) is 51.9 Å². The normalized spacial score (nSPS) is 16.2. The lowest BCUT2D eigenvalue weighted by molar-refractivity contribution is 0.639. The summed E-state index contributed by atoms with van der Waals surface area (Å²) in [7, 11) is 1.85. The molecule has 2 N–H and O–H groups in total. The van der Waals surface area contributed by atoms with Gasteiger partial charge in [-0.05, 0) is 18.8 Å². The van der Waals surface area contributed by atoms with Crippen LogP contribution in [0.3, 0.4) is 0 Å². The number of unbranched alkanes of at least 4 members (excludes halogenated alkanes) is 3. The number of rotatable bonds is 8. The van der Waals surface area contributed by atoms with Crippen LogP contribution in [-0.4, -0.2) is 26.1 Å². The minimum atomic E-state index is 0.970. The average Bonchev–Trinajstić information content (AvgIpc) is 3.10. The van der Waals surface area contributed by atoms with Gasteiger partial charge in [-0.2, -0.15) is 0 Å². The van der Waals surface area contributed by atoms with Crippen molar-refractivity contribution in [1.29, 1.82) is 0 Å². The van der Waals surface area contributed by atoms with Crippen LogP contribution >= 0.6 is 0 Å². The second-order valence-electron chi connectivity index (χ2n) is 4.72. The summed E-state index contributed by atoms with van der Waals surface area (Å²) in [4.78, 5) is 4.22. The largest absolute Gasteiger partial charge is 0.356 e. The van der Waals surface area contributed by atoms with Crippen LogP contribution in [0.1, 0.15) is 51.9 Å². The highest BCUT2D eigenvalue weighted by Crippen LogP contribution is 2.31. The molecule has 0 bridgehead atoms. The molecule has 0 aromatic rings. The molecule has 0 aliphatic heterocycles. The van der Waals surface area contributed by atoms with Crippen LogP contribution in [0.2, 0.25) is 0 Å². The van der Waals surface area contributed by atoms with Crippen LogP contribution < -0.4 is 10.6 Å². The molecule has 0 spiro atoms. The van der Waals surface area contributed by atoms with Crippen molar-refractivity contribution >= 4 is 5.96 Å². The fourth-order valence-electron chi connectivity index (χ4n) is 1.78. The second kappa shape index (κ2) is 8.43. The van der Waals surface area contributed by atoms with Gasteiger partial charge in [-0.25, -0.2) is 0 Å². The Morgan fingerprint density at radius 1 is 1.12 bits per heavy atom. The smallest absolute Gasteiger partial charge is 0.190 e. The van der Waals surface area contributed by atoms with E-state index in [1.165, 1.54) is 44.9 Å². The van der Waals surface area contributed by atoms with Gasteiger partial charge < -0.3 is 10.6 Å². The number of guanidine groups is 1. The van der Waals surface area contributed by atoms with Crippen molar-refractivity contribution in [3.05, 3.63) is 0 Å². The molecule has 16 heavy (non-hydrogen) atoms. The number of hydrogen-bond donors (Lipinski definition) is 2. The zero-order valence-electron chi connectivity index (χ0n) is 10.9. The van der Waals surface area contributed by atoms with Crippen LogP contribution in [0.5, 0.6) is 0 Å². The van der Waals surface area contributed by atoms with Crippen molar-refractivity contribution in [1.82, 2.24) is 10.6 Å². The molecule has 1 aliphatic carbocycles. The highest BCUT2D eigenvalue weighted by Gasteiger charge is 2.20. The van der Waals surface area contributed by atoms with E-state index in [0.29, 0.717) is 0 Å². The molecule has 3 nitrogen and oxygen atoms in total. The Kier molecular flexibility index (Phi) is 7.02. The van der Waals surface area contributed by atoms with Gasteiger partial charge in [-0.1, -0.05) is 39.0 Å². The standard InChI is InChI=1S/C13H27N3/c1-3-4-5-6-10-15-13(14-2)16-11-9-12-7-8-12/h12H,3-11H2,1-2H3,(H2,14,15,16). The first-order valence-corrected chi connectivity index (χ1v) is 6.81. The number of aliphatic imine (C=N–C) groups is 1. The monoisotopic (exact) mass is 225 g/mol. The molecule has 3 heteroatoms. The van der Waals surface area contributed by atoms with Crippen LogP contribution in [0.4, 0.5) is 0 Å². The van der Waals surface area contributed by atoms with E-state index >= 15 is 0 Å². The Hall–Kier alpha value is -0.730. The molecule has 94 valence electrons. The van der Waals surface area contributed by atoms with Gasteiger partial charge in [0.1, 0.15) is 0 Å². The summed E-state index contributed by atoms with van der Waals surface area (Å²) in [6.07, 6.45) is 9.38. The third kappa shape index (κ3) is 6.70.